The number of rotatable bonds is 4. The summed E-state index contributed by atoms with van der Waals surface area (Å²) in [6.45, 7) is 1.70. The fourth-order valence-corrected chi connectivity index (χ4v) is 1.47. The smallest absolute Gasteiger partial charge is 0.163 e. The van der Waals surface area contributed by atoms with E-state index < -0.39 is 0 Å². The molecule has 1 heterocycles. The predicted molar refractivity (Wildman–Crippen MR) is 64.5 cm³/mol. The van der Waals surface area contributed by atoms with Crippen molar-refractivity contribution in [3.05, 3.63) is 48.0 Å². The van der Waals surface area contributed by atoms with Crippen molar-refractivity contribution >= 4 is 5.78 Å². The third-order valence-electron chi connectivity index (χ3n) is 2.37. The standard InChI is InChI=1S/C13H12N2O3/c1-9(16)12-3-2-11(4-13(12)17)18-7-10-5-14-8-15-6-10/h2-6,8,17H,7H2,1H3. The molecule has 5 nitrogen and oxygen atoms in total. The maximum Gasteiger partial charge on any atom is 0.163 e. The number of carbonyl (C=O) groups excluding carboxylic acids is 1. The zero-order chi connectivity index (χ0) is 13.0. The molecule has 0 aliphatic rings. The fourth-order valence-electron chi connectivity index (χ4n) is 1.47. The second-order valence-corrected chi connectivity index (χ2v) is 3.77. The number of aromatic nitrogens is 2. The molecular weight excluding hydrogens is 232 g/mol. The quantitative estimate of drug-likeness (QED) is 0.832. The van der Waals surface area contributed by atoms with Crippen LogP contribution in [0, 0.1) is 0 Å². The van der Waals surface area contributed by atoms with Gasteiger partial charge in [-0.05, 0) is 19.1 Å². The summed E-state index contributed by atoms with van der Waals surface area (Å²) in [5, 5.41) is 9.63. The molecule has 0 spiro atoms. The molecule has 0 aliphatic heterocycles. The molecule has 92 valence electrons. The van der Waals surface area contributed by atoms with Gasteiger partial charge >= 0.3 is 0 Å². The lowest BCUT2D eigenvalue weighted by Gasteiger charge is -2.07. The minimum Gasteiger partial charge on any atom is -0.507 e. The van der Waals surface area contributed by atoms with Crippen molar-refractivity contribution in [1.29, 1.82) is 0 Å². The summed E-state index contributed by atoms with van der Waals surface area (Å²) in [7, 11) is 0. The lowest BCUT2D eigenvalue weighted by Crippen LogP contribution is -1.98. The van der Waals surface area contributed by atoms with Crippen molar-refractivity contribution < 1.29 is 14.6 Å². The normalized spacial score (nSPS) is 10.1. The molecular formula is C13H12N2O3. The zero-order valence-electron chi connectivity index (χ0n) is 9.83. The van der Waals surface area contributed by atoms with Crippen molar-refractivity contribution in [2.75, 3.05) is 0 Å². The van der Waals surface area contributed by atoms with Gasteiger partial charge in [-0.3, -0.25) is 4.79 Å². The van der Waals surface area contributed by atoms with E-state index in [1.165, 1.54) is 25.4 Å². The van der Waals surface area contributed by atoms with Crippen molar-refractivity contribution in [2.24, 2.45) is 0 Å². The summed E-state index contributed by atoms with van der Waals surface area (Å²) < 4.78 is 5.46. The van der Waals surface area contributed by atoms with Crippen molar-refractivity contribution in [2.45, 2.75) is 13.5 Å². The maximum atomic E-state index is 11.1. The van der Waals surface area contributed by atoms with Gasteiger partial charge in [-0.15, -0.1) is 0 Å². The number of aromatic hydroxyl groups is 1. The monoisotopic (exact) mass is 244 g/mol. The lowest BCUT2D eigenvalue weighted by atomic mass is 10.1. The number of hydrogen-bond acceptors (Lipinski definition) is 5. The number of carbonyl (C=O) groups is 1. The first kappa shape index (κ1) is 12.0. The largest absolute Gasteiger partial charge is 0.507 e. The summed E-state index contributed by atoms with van der Waals surface area (Å²) in [6, 6.07) is 4.59. The van der Waals surface area contributed by atoms with Gasteiger partial charge in [0.05, 0.1) is 5.56 Å². The maximum absolute atomic E-state index is 11.1. The molecule has 5 heteroatoms. The van der Waals surface area contributed by atoms with Crippen LogP contribution in [0.2, 0.25) is 0 Å². The van der Waals surface area contributed by atoms with Crippen molar-refractivity contribution in [3.63, 3.8) is 0 Å². The topological polar surface area (TPSA) is 72.3 Å². The van der Waals surface area contributed by atoms with Gasteiger partial charge in [-0.1, -0.05) is 0 Å². The highest BCUT2D eigenvalue weighted by molar-refractivity contribution is 5.96. The van der Waals surface area contributed by atoms with Gasteiger partial charge in [0.1, 0.15) is 24.4 Å². The predicted octanol–water partition coefficient (Wildman–Crippen LogP) is 1.96. The van der Waals surface area contributed by atoms with E-state index in [1.807, 2.05) is 0 Å². The highest BCUT2D eigenvalue weighted by atomic mass is 16.5. The van der Waals surface area contributed by atoms with Gasteiger partial charge < -0.3 is 9.84 Å². The van der Waals surface area contributed by atoms with E-state index in [1.54, 1.807) is 18.5 Å². The number of phenols is 1. The molecule has 1 aromatic carbocycles. The second-order valence-electron chi connectivity index (χ2n) is 3.77. The van der Waals surface area contributed by atoms with Crippen molar-refractivity contribution in [3.8, 4) is 11.5 Å². The van der Waals surface area contributed by atoms with Gasteiger partial charge in [0.25, 0.3) is 0 Å². The van der Waals surface area contributed by atoms with Gasteiger partial charge in [-0.25, -0.2) is 9.97 Å². The van der Waals surface area contributed by atoms with Crippen LogP contribution in [0.1, 0.15) is 22.8 Å². The average Bonchev–Trinajstić information content (AvgIpc) is 2.37. The molecule has 0 radical (unpaired) electrons. The minimum absolute atomic E-state index is 0.0793. The summed E-state index contributed by atoms with van der Waals surface area (Å²) >= 11 is 0. The molecule has 0 bridgehead atoms. The minimum atomic E-state index is -0.185. The molecule has 0 saturated carbocycles. The number of ketones is 1. The third kappa shape index (κ3) is 2.82. The van der Waals surface area contributed by atoms with Gasteiger partial charge in [0, 0.05) is 24.0 Å². The van der Waals surface area contributed by atoms with E-state index in [0.717, 1.165) is 5.56 Å². The zero-order valence-corrected chi connectivity index (χ0v) is 9.83. The van der Waals surface area contributed by atoms with E-state index >= 15 is 0 Å². The molecule has 0 amide bonds. The number of hydrogen-bond donors (Lipinski definition) is 1. The Bertz CT molecular complexity index is 555. The first-order valence-corrected chi connectivity index (χ1v) is 5.37. The highest BCUT2D eigenvalue weighted by Gasteiger charge is 2.07. The van der Waals surface area contributed by atoms with E-state index in [-0.39, 0.29) is 17.1 Å². The third-order valence-corrected chi connectivity index (χ3v) is 2.37. The van der Waals surface area contributed by atoms with E-state index in [0.29, 0.717) is 12.4 Å². The first-order chi connectivity index (χ1) is 8.66. The number of benzene rings is 1. The van der Waals surface area contributed by atoms with Crippen molar-refractivity contribution in [1.82, 2.24) is 9.97 Å². The van der Waals surface area contributed by atoms with E-state index in [9.17, 15) is 9.90 Å². The van der Waals surface area contributed by atoms with Crippen LogP contribution in [0.3, 0.4) is 0 Å². The molecule has 0 saturated heterocycles. The van der Waals surface area contributed by atoms with Crippen LogP contribution >= 0.6 is 0 Å². The first-order valence-electron chi connectivity index (χ1n) is 5.37. The number of nitrogens with zero attached hydrogens (tertiary/aromatic N) is 2. The molecule has 2 rings (SSSR count). The van der Waals surface area contributed by atoms with Gasteiger partial charge in [0.2, 0.25) is 0 Å². The summed E-state index contributed by atoms with van der Waals surface area (Å²) in [4.78, 5) is 18.9. The molecule has 0 fully saturated rings. The molecule has 1 aromatic heterocycles. The summed E-state index contributed by atoms with van der Waals surface area (Å²) in [6.07, 6.45) is 4.74. The van der Waals surface area contributed by atoms with E-state index in [2.05, 4.69) is 9.97 Å². The fraction of sp³-hybridized carbons (Fsp3) is 0.154. The Morgan fingerprint density at radius 1 is 1.33 bits per heavy atom. The average molecular weight is 244 g/mol. The van der Waals surface area contributed by atoms with Crippen LogP contribution in [-0.2, 0) is 6.61 Å². The highest BCUT2D eigenvalue weighted by Crippen LogP contribution is 2.24. The van der Waals surface area contributed by atoms with Crippen LogP contribution in [0.4, 0.5) is 0 Å². The summed E-state index contributed by atoms with van der Waals surface area (Å²) in [5.74, 6) is 0.223. The van der Waals surface area contributed by atoms with Crippen LogP contribution in [0.15, 0.2) is 36.9 Å². The molecule has 0 atom stereocenters. The summed E-state index contributed by atoms with van der Waals surface area (Å²) in [5.41, 5.74) is 1.11. The Morgan fingerprint density at radius 3 is 2.67 bits per heavy atom. The van der Waals surface area contributed by atoms with E-state index in [4.69, 9.17) is 4.74 Å². The Morgan fingerprint density at radius 2 is 2.06 bits per heavy atom. The number of Topliss-reactive ketones (excluding diaryl/α,β-unsaturated/α-hetero) is 1. The Labute approximate surface area is 104 Å². The van der Waals surface area contributed by atoms with Crippen LogP contribution < -0.4 is 4.74 Å². The van der Waals surface area contributed by atoms with Crippen LogP contribution in [0.25, 0.3) is 0 Å². The number of phenolic OH excluding ortho intramolecular Hbond substituents is 1. The lowest BCUT2D eigenvalue weighted by molar-refractivity contribution is 0.101. The van der Waals surface area contributed by atoms with Crippen LogP contribution in [0.5, 0.6) is 11.5 Å². The van der Waals surface area contributed by atoms with Crippen LogP contribution in [-0.4, -0.2) is 20.9 Å². The van der Waals surface area contributed by atoms with Gasteiger partial charge in [0.15, 0.2) is 5.78 Å². The SMILES string of the molecule is CC(=O)c1ccc(OCc2cncnc2)cc1O. The Balaban J connectivity index is 2.07. The molecule has 2 aromatic rings. The molecule has 18 heavy (non-hydrogen) atoms. The Hall–Kier alpha value is -2.43. The molecule has 0 unspecified atom stereocenters. The molecule has 1 N–H and O–H groups in total. The second kappa shape index (κ2) is 5.27. The number of ether oxygens (including phenoxy) is 1. The Kier molecular flexibility index (Phi) is 3.52. The van der Waals surface area contributed by atoms with Gasteiger partial charge in [-0.2, -0.15) is 0 Å². The molecule has 0 aliphatic carbocycles.